The van der Waals surface area contributed by atoms with Crippen LogP contribution in [0.15, 0.2) is 72.8 Å². The van der Waals surface area contributed by atoms with Crippen LogP contribution in [0.4, 0.5) is 0 Å². The van der Waals surface area contributed by atoms with Crippen molar-refractivity contribution < 1.29 is 23.9 Å². The number of esters is 2. The number of hydrogen-bond acceptors (Lipinski definition) is 5. The highest BCUT2D eigenvalue weighted by atomic mass is 16.5. The van der Waals surface area contributed by atoms with Crippen molar-refractivity contribution in [1.82, 2.24) is 0 Å². The third-order valence-electron chi connectivity index (χ3n) is 4.51. The topological polar surface area (TPSA) is 69.7 Å². The van der Waals surface area contributed by atoms with Crippen molar-refractivity contribution in [3.05, 3.63) is 101 Å². The van der Waals surface area contributed by atoms with E-state index < -0.39 is 11.9 Å². The number of carbonyl (C=O) groups is 3. The molecule has 0 saturated carbocycles. The molecule has 0 bridgehead atoms. The maximum Gasteiger partial charge on any atom is 0.344 e. The average molecular weight is 388 g/mol. The van der Waals surface area contributed by atoms with Gasteiger partial charge in [-0.05, 0) is 30.2 Å². The highest BCUT2D eigenvalue weighted by Gasteiger charge is 2.24. The maximum atomic E-state index is 13.0. The molecule has 0 amide bonds. The minimum absolute atomic E-state index is 0.128. The van der Waals surface area contributed by atoms with Gasteiger partial charge in [0.15, 0.2) is 5.78 Å². The summed E-state index contributed by atoms with van der Waals surface area (Å²) in [4.78, 5) is 38.0. The lowest BCUT2D eigenvalue weighted by molar-refractivity contribution is 0.0586. The Bertz CT molecular complexity index is 1050. The first-order valence-electron chi connectivity index (χ1n) is 9.18. The molecule has 146 valence electrons. The summed E-state index contributed by atoms with van der Waals surface area (Å²) in [5.41, 5.74) is 1.68. The molecule has 0 spiro atoms. The van der Waals surface area contributed by atoms with Gasteiger partial charge < -0.3 is 9.47 Å². The molecule has 5 heteroatoms. The molecule has 0 aromatic heterocycles. The molecule has 0 aliphatic heterocycles. The third kappa shape index (κ3) is 4.24. The minimum Gasteiger partial charge on any atom is -0.465 e. The fourth-order valence-electron chi connectivity index (χ4n) is 3.06. The standard InChI is InChI=1S/C24H20O5/c1-3-16-12-9-14-19(23(26)28-2)21(16)24(27)29-20-15-8-7-13-18(20)22(25)17-10-5-4-6-11-17/h4-15H,3H2,1-2H3. The van der Waals surface area contributed by atoms with Gasteiger partial charge in [-0.15, -0.1) is 0 Å². The van der Waals surface area contributed by atoms with Gasteiger partial charge in [-0.1, -0.05) is 61.5 Å². The fourth-order valence-corrected chi connectivity index (χ4v) is 3.06. The highest BCUT2D eigenvalue weighted by molar-refractivity contribution is 6.11. The molecule has 3 aromatic rings. The Morgan fingerprint density at radius 2 is 1.41 bits per heavy atom. The van der Waals surface area contributed by atoms with Gasteiger partial charge in [0.05, 0.1) is 23.8 Å². The predicted molar refractivity (Wildman–Crippen MR) is 108 cm³/mol. The summed E-state index contributed by atoms with van der Waals surface area (Å²) in [7, 11) is 1.25. The van der Waals surface area contributed by atoms with E-state index in [1.807, 2.05) is 13.0 Å². The second-order valence-corrected chi connectivity index (χ2v) is 6.27. The van der Waals surface area contributed by atoms with Crippen molar-refractivity contribution in [2.75, 3.05) is 7.11 Å². The van der Waals surface area contributed by atoms with Crippen molar-refractivity contribution in [3.8, 4) is 5.75 Å². The summed E-state index contributed by atoms with van der Waals surface area (Å²) in [5.74, 6) is -1.46. The number of ether oxygens (including phenoxy) is 2. The maximum absolute atomic E-state index is 13.0. The van der Waals surface area contributed by atoms with Crippen LogP contribution in [0.5, 0.6) is 5.75 Å². The number of para-hydroxylation sites is 1. The quantitative estimate of drug-likeness (QED) is 0.354. The van der Waals surface area contributed by atoms with Crippen LogP contribution in [0, 0.1) is 0 Å². The van der Waals surface area contributed by atoms with Crippen LogP contribution in [-0.2, 0) is 11.2 Å². The van der Waals surface area contributed by atoms with Crippen molar-refractivity contribution >= 4 is 17.7 Å². The second kappa shape index (κ2) is 8.97. The first-order chi connectivity index (χ1) is 14.1. The van der Waals surface area contributed by atoms with E-state index in [1.54, 1.807) is 60.7 Å². The van der Waals surface area contributed by atoms with Gasteiger partial charge >= 0.3 is 11.9 Å². The highest BCUT2D eigenvalue weighted by Crippen LogP contribution is 2.25. The molecular formula is C24H20O5. The van der Waals surface area contributed by atoms with Gasteiger partial charge in [0.25, 0.3) is 0 Å². The molecule has 0 N–H and O–H groups in total. The van der Waals surface area contributed by atoms with E-state index in [2.05, 4.69) is 0 Å². The Balaban J connectivity index is 2.00. The van der Waals surface area contributed by atoms with E-state index in [-0.39, 0.29) is 28.2 Å². The molecule has 3 rings (SSSR count). The molecule has 0 fully saturated rings. The summed E-state index contributed by atoms with van der Waals surface area (Å²) in [6.45, 7) is 1.88. The van der Waals surface area contributed by atoms with Gasteiger partial charge in [0.1, 0.15) is 5.75 Å². The Labute approximate surface area is 168 Å². The molecule has 29 heavy (non-hydrogen) atoms. The Morgan fingerprint density at radius 3 is 2.10 bits per heavy atom. The van der Waals surface area contributed by atoms with E-state index in [0.717, 1.165) is 0 Å². The molecule has 0 aliphatic rings. The molecule has 0 radical (unpaired) electrons. The molecule has 0 unspecified atom stereocenters. The van der Waals surface area contributed by atoms with Crippen molar-refractivity contribution in [3.63, 3.8) is 0 Å². The number of aryl methyl sites for hydroxylation is 1. The molecule has 0 aliphatic carbocycles. The van der Waals surface area contributed by atoms with Crippen LogP contribution in [0.1, 0.15) is 49.1 Å². The Hall–Kier alpha value is -3.73. The molecule has 5 nitrogen and oxygen atoms in total. The van der Waals surface area contributed by atoms with Crippen LogP contribution < -0.4 is 4.74 Å². The Kier molecular flexibility index (Phi) is 6.19. The number of rotatable bonds is 6. The van der Waals surface area contributed by atoms with E-state index in [4.69, 9.17) is 9.47 Å². The van der Waals surface area contributed by atoms with Crippen molar-refractivity contribution in [1.29, 1.82) is 0 Å². The molecule has 0 atom stereocenters. The molecule has 0 saturated heterocycles. The van der Waals surface area contributed by atoms with Gasteiger partial charge in [-0.25, -0.2) is 9.59 Å². The monoisotopic (exact) mass is 388 g/mol. The lowest BCUT2D eigenvalue weighted by Gasteiger charge is -2.14. The zero-order valence-corrected chi connectivity index (χ0v) is 16.2. The lowest BCUT2D eigenvalue weighted by Crippen LogP contribution is -2.18. The van der Waals surface area contributed by atoms with Gasteiger partial charge in [0, 0.05) is 5.56 Å². The van der Waals surface area contributed by atoms with Gasteiger partial charge in [0.2, 0.25) is 0 Å². The number of hydrogen-bond donors (Lipinski definition) is 0. The Morgan fingerprint density at radius 1 is 0.759 bits per heavy atom. The molecule has 3 aromatic carbocycles. The fraction of sp³-hybridized carbons (Fsp3) is 0.125. The minimum atomic E-state index is -0.712. The normalized spacial score (nSPS) is 10.3. The molecular weight excluding hydrogens is 368 g/mol. The van der Waals surface area contributed by atoms with Crippen LogP contribution in [0.25, 0.3) is 0 Å². The number of benzene rings is 3. The zero-order chi connectivity index (χ0) is 20.8. The SMILES string of the molecule is CCc1cccc(C(=O)OC)c1C(=O)Oc1ccccc1C(=O)c1ccccc1. The number of methoxy groups -OCH3 is 1. The zero-order valence-electron chi connectivity index (χ0n) is 16.2. The van der Waals surface area contributed by atoms with Crippen molar-refractivity contribution in [2.24, 2.45) is 0 Å². The van der Waals surface area contributed by atoms with Gasteiger partial charge in [-0.3, -0.25) is 4.79 Å². The average Bonchev–Trinajstić information content (AvgIpc) is 2.78. The van der Waals surface area contributed by atoms with Crippen LogP contribution >= 0.6 is 0 Å². The van der Waals surface area contributed by atoms with E-state index in [1.165, 1.54) is 13.2 Å². The largest absolute Gasteiger partial charge is 0.465 e. The van der Waals surface area contributed by atoms with Crippen LogP contribution in [0.2, 0.25) is 0 Å². The summed E-state index contributed by atoms with van der Waals surface area (Å²) >= 11 is 0. The van der Waals surface area contributed by atoms with Crippen molar-refractivity contribution in [2.45, 2.75) is 13.3 Å². The third-order valence-corrected chi connectivity index (χ3v) is 4.51. The van der Waals surface area contributed by atoms with Crippen LogP contribution in [0.3, 0.4) is 0 Å². The van der Waals surface area contributed by atoms with E-state index >= 15 is 0 Å². The summed E-state index contributed by atoms with van der Waals surface area (Å²) in [6.07, 6.45) is 0.528. The lowest BCUT2D eigenvalue weighted by atomic mass is 9.99. The second-order valence-electron chi connectivity index (χ2n) is 6.27. The number of carbonyl (C=O) groups excluding carboxylic acids is 3. The molecule has 0 heterocycles. The first kappa shape index (κ1) is 20.0. The van der Waals surface area contributed by atoms with E-state index in [9.17, 15) is 14.4 Å². The van der Waals surface area contributed by atoms with E-state index in [0.29, 0.717) is 17.5 Å². The smallest absolute Gasteiger partial charge is 0.344 e. The summed E-state index contributed by atoms with van der Waals surface area (Å²) in [6, 6.07) is 20.2. The van der Waals surface area contributed by atoms with Gasteiger partial charge in [-0.2, -0.15) is 0 Å². The first-order valence-corrected chi connectivity index (χ1v) is 9.18. The summed E-state index contributed by atoms with van der Waals surface area (Å²) < 4.78 is 10.4. The predicted octanol–water partition coefficient (Wildman–Crippen LogP) is 4.49. The van der Waals surface area contributed by atoms with Crippen LogP contribution in [-0.4, -0.2) is 24.8 Å². The summed E-state index contributed by atoms with van der Waals surface area (Å²) in [5, 5.41) is 0. The number of ketones is 1.